The molecule has 5 heteroatoms. The maximum absolute atomic E-state index is 12.1. The molecule has 0 aromatic heterocycles. The fourth-order valence-corrected chi connectivity index (χ4v) is 3.97. The molecule has 0 aliphatic carbocycles. The number of allylic oxidation sites excluding steroid dienone is 12. The zero-order valence-corrected chi connectivity index (χ0v) is 22.7. The van der Waals surface area contributed by atoms with Crippen LogP contribution in [0.5, 0.6) is 0 Å². The van der Waals surface area contributed by atoms with E-state index in [1.807, 2.05) is 0 Å². The number of nitrogens with two attached hydrogens (primary N) is 1. The number of morpholine rings is 1. The molecule has 1 saturated heterocycles. The van der Waals surface area contributed by atoms with Crippen molar-refractivity contribution in [3.05, 3.63) is 72.9 Å². The number of carbonyl (C=O) groups is 1. The third-order valence-corrected chi connectivity index (χ3v) is 6.00. The van der Waals surface area contributed by atoms with Crippen molar-refractivity contribution >= 4 is 5.91 Å². The minimum atomic E-state index is 0.128. The van der Waals surface area contributed by atoms with E-state index < -0.39 is 0 Å². The Morgan fingerprint density at radius 2 is 1.31 bits per heavy atom. The van der Waals surface area contributed by atoms with Crippen molar-refractivity contribution in [1.29, 1.82) is 0 Å². The van der Waals surface area contributed by atoms with Crippen LogP contribution in [0.25, 0.3) is 0 Å². The highest BCUT2D eigenvalue weighted by Crippen LogP contribution is 2.10. The molecule has 0 saturated carbocycles. The summed E-state index contributed by atoms with van der Waals surface area (Å²) >= 11 is 0. The van der Waals surface area contributed by atoms with Gasteiger partial charge in [0.05, 0.1) is 13.2 Å². The Bertz CT molecular complexity index is 701. The van der Waals surface area contributed by atoms with Crippen LogP contribution in [0.2, 0.25) is 0 Å². The minimum absolute atomic E-state index is 0.128. The summed E-state index contributed by atoms with van der Waals surface area (Å²) in [6.45, 7) is 7.05. The summed E-state index contributed by atoms with van der Waals surface area (Å²) in [7, 11) is 0. The van der Waals surface area contributed by atoms with Crippen LogP contribution in [-0.4, -0.2) is 56.2 Å². The van der Waals surface area contributed by atoms with Crippen LogP contribution in [-0.2, 0) is 9.53 Å². The summed E-state index contributed by atoms with van der Waals surface area (Å²) in [4.78, 5) is 14.5. The molecule has 0 spiro atoms. The maximum atomic E-state index is 12.1. The van der Waals surface area contributed by atoms with Gasteiger partial charge in [-0.3, -0.25) is 9.69 Å². The van der Waals surface area contributed by atoms with E-state index in [-0.39, 0.29) is 5.91 Å². The van der Waals surface area contributed by atoms with E-state index in [9.17, 15) is 4.79 Å². The van der Waals surface area contributed by atoms with Gasteiger partial charge in [0, 0.05) is 32.1 Å². The van der Waals surface area contributed by atoms with E-state index in [2.05, 4.69) is 90.1 Å². The Morgan fingerprint density at radius 1 is 0.806 bits per heavy atom. The number of ether oxygens (including phenoxy) is 1. The van der Waals surface area contributed by atoms with Crippen LogP contribution in [0.4, 0.5) is 0 Å². The van der Waals surface area contributed by atoms with Crippen LogP contribution >= 0.6 is 0 Å². The van der Waals surface area contributed by atoms with Gasteiger partial charge in [0.15, 0.2) is 0 Å². The number of nitrogens with one attached hydrogen (secondary N) is 1. The quantitative estimate of drug-likeness (QED) is 0.202. The predicted molar refractivity (Wildman–Crippen MR) is 155 cm³/mol. The van der Waals surface area contributed by atoms with E-state index >= 15 is 0 Å². The van der Waals surface area contributed by atoms with Crippen LogP contribution in [0, 0.1) is 0 Å². The number of amides is 1. The lowest BCUT2D eigenvalue weighted by Crippen LogP contribution is -2.45. The van der Waals surface area contributed by atoms with Gasteiger partial charge in [-0.1, -0.05) is 79.8 Å². The van der Waals surface area contributed by atoms with Gasteiger partial charge in [-0.05, 0) is 64.3 Å². The fraction of sp³-hybridized carbons (Fsp3) is 0.581. The van der Waals surface area contributed by atoms with E-state index in [1.165, 1.54) is 0 Å². The average Bonchev–Trinajstić information content (AvgIpc) is 2.90. The Morgan fingerprint density at radius 3 is 1.81 bits per heavy atom. The van der Waals surface area contributed by atoms with Crippen molar-refractivity contribution in [2.75, 3.05) is 39.4 Å². The summed E-state index contributed by atoms with van der Waals surface area (Å²) in [6.07, 6.45) is 35.6. The summed E-state index contributed by atoms with van der Waals surface area (Å²) in [5, 5.41) is 3.07. The Kier molecular flexibility index (Phi) is 21.6. The van der Waals surface area contributed by atoms with Crippen LogP contribution in [0.3, 0.4) is 0 Å². The molecule has 0 aromatic carbocycles. The topological polar surface area (TPSA) is 67.6 Å². The van der Waals surface area contributed by atoms with Crippen molar-refractivity contribution < 1.29 is 9.53 Å². The highest BCUT2D eigenvalue weighted by atomic mass is 16.5. The maximum Gasteiger partial charge on any atom is 0.220 e. The van der Waals surface area contributed by atoms with Crippen molar-refractivity contribution in [3.8, 4) is 0 Å². The van der Waals surface area contributed by atoms with Crippen LogP contribution < -0.4 is 11.1 Å². The first-order valence-corrected chi connectivity index (χ1v) is 14.0. The Balaban J connectivity index is 2.01. The summed E-state index contributed by atoms with van der Waals surface area (Å²) in [6, 6.07) is 0.433. The summed E-state index contributed by atoms with van der Waals surface area (Å²) in [5.74, 6) is 0.128. The van der Waals surface area contributed by atoms with Gasteiger partial charge in [0.2, 0.25) is 5.91 Å². The zero-order chi connectivity index (χ0) is 25.9. The SMILES string of the molecule is CCC=CCC=CCC=CCC=CCC=CCC=CCCC(=O)NCCC(CCN)N1CCOCC1. The first-order chi connectivity index (χ1) is 17.8. The lowest BCUT2D eigenvalue weighted by molar-refractivity contribution is -0.121. The molecule has 1 heterocycles. The second-order valence-electron chi connectivity index (χ2n) is 8.97. The van der Waals surface area contributed by atoms with Gasteiger partial charge in [-0.25, -0.2) is 0 Å². The predicted octanol–water partition coefficient (Wildman–Crippen LogP) is 6.02. The van der Waals surface area contributed by atoms with Gasteiger partial charge in [-0.2, -0.15) is 0 Å². The highest BCUT2D eigenvalue weighted by molar-refractivity contribution is 5.75. The monoisotopic (exact) mass is 497 g/mol. The fourth-order valence-electron chi connectivity index (χ4n) is 3.97. The van der Waals surface area contributed by atoms with Crippen molar-refractivity contribution in [3.63, 3.8) is 0 Å². The van der Waals surface area contributed by atoms with Gasteiger partial charge < -0.3 is 15.8 Å². The van der Waals surface area contributed by atoms with Gasteiger partial charge in [0.1, 0.15) is 0 Å². The summed E-state index contributed by atoms with van der Waals surface area (Å²) in [5.41, 5.74) is 5.78. The molecule has 1 unspecified atom stereocenters. The largest absolute Gasteiger partial charge is 0.379 e. The van der Waals surface area contributed by atoms with E-state index in [4.69, 9.17) is 10.5 Å². The van der Waals surface area contributed by atoms with Crippen molar-refractivity contribution in [1.82, 2.24) is 10.2 Å². The molecule has 36 heavy (non-hydrogen) atoms. The average molecular weight is 498 g/mol. The molecule has 0 radical (unpaired) electrons. The Hall–Kier alpha value is -2.21. The molecule has 1 fully saturated rings. The smallest absolute Gasteiger partial charge is 0.220 e. The van der Waals surface area contributed by atoms with E-state index in [0.29, 0.717) is 25.6 Å². The van der Waals surface area contributed by atoms with E-state index in [0.717, 1.165) is 84.1 Å². The number of hydrogen-bond acceptors (Lipinski definition) is 4. The molecule has 0 aromatic rings. The third-order valence-electron chi connectivity index (χ3n) is 6.00. The lowest BCUT2D eigenvalue weighted by atomic mass is 10.1. The molecule has 1 aliphatic heterocycles. The highest BCUT2D eigenvalue weighted by Gasteiger charge is 2.20. The molecule has 1 atom stereocenters. The van der Waals surface area contributed by atoms with Gasteiger partial charge >= 0.3 is 0 Å². The molecule has 1 aliphatic rings. The molecule has 0 bridgehead atoms. The standard InChI is InChI=1S/C31H51N3O2/c1-2-3-4-5-6-7-8-9-10-11-12-13-14-15-16-17-18-19-20-21-31(35)33-25-23-30(22-24-32)34-26-28-36-29-27-34/h3-4,6-7,9-10,12-13,15-16,18-19,30H,2,5,8,11,14,17,20-29,32H2,1H3,(H,33,35). The third kappa shape index (κ3) is 19.0. The molecule has 5 nitrogen and oxygen atoms in total. The number of nitrogens with zero attached hydrogens (tertiary/aromatic N) is 1. The lowest BCUT2D eigenvalue weighted by Gasteiger charge is -2.34. The first-order valence-electron chi connectivity index (χ1n) is 14.0. The summed E-state index contributed by atoms with van der Waals surface area (Å²) < 4.78 is 5.44. The second kappa shape index (κ2) is 24.5. The molecular formula is C31H51N3O2. The normalized spacial score (nSPS) is 16.6. The molecule has 3 N–H and O–H groups in total. The second-order valence-corrected chi connectivity index (χ2v) is 8.97. The first kappa shape index (κ1) is 31.8. The van der Waals surface area contributed by atoms with Crippen molar-refractivity contribution in [2.45, 2.75) is 77.2 Å². The van der Waals surface area contributed by atoms with Crippen LogP contribution in [0.1, 0.15) is 71.1 Å². The molecule has 1 rings (SSSR count). The van der Waals surface area contributed by atoms with Gasteiger partial charge in [0.25, 0.3) is 0 Å². The molecular weight excluding hydrogens is 446 g/mol. The van der Waals surface area contributed by atoms with Crippen LogP contribution in [0.15, 0.2) is 72.9 Å². The molecule has 202 valence electrons. The Labute approximate surface area is 220 Å². The molecule has 1 amide bonds. The van der Waals surface area contributed by atoms with E-state index in [1.54, 1.807) is 0 Å². The number of hydrogen-bond donors (Lipinski definition) is 2. The number of carbonyl (C=O) groups excluding carboxylic acids is 1. The number of rotatable bonds is 20. The van der Waals surface area contributed by atoms with Gasteiger partial charge in [-0.15, -0.1) is 0 Å². The van der Waals surface area contributed by atoms with Crippen molar-refractivity contribution in [2.24, 2.45) is 5.73 Å². The minimum Gasteiger partial charge on any atom is -0.379 e. The zero-order valence-electron chi connectivity index (χ0n) is 22.7.